The minimum Gasteiger partial charge on any atom is -0.464 e. The lowest BCUT2D eigenvalue weighted by atomic mass is 10.1. The van der Waals surface area contributed by atoms with E-state index >= 15 is 0 Å². The van der Waals surface area contributed by atoms with Crippen molar-refractivity contribution in [3.8, 4) is 5.69 Å². The molecule has 0 spiro atoms. The summed E-state index contributed by atoms with van der Waals surface area (Å²) in [6, 6.07) is 15.8. The Balaban J connectivity index is 1.84. The number of aromatic nitrogens is 2. The van der Waals surface area contributed by atoms with E-state index in [1.165, 1.54) is 36.4 Å². The van der Waals surface area contributed by atoms with Gasteiger partial charge in [0.1, 0.15) is 17.6 Å². The molecule has 1 amide bonds. The smallest absolute Gasteiger partial charge is 0.328 e. The second-order valence-electron chi connectivity index (χ2n) is 6.41. The van der Waals surface area contributed by atoms with E-state index in [1.54, 1.807) is 6.92 Å². The van der Waals surface area contributed by atoms with Gasteiger partial charge in [0.15, 0.2) is 0 Å². The van der Waals surface area contributed by atoms with Crippen LogP contribution in [0.2, 0.25) is 0 Å². The topological polar surface area (TPSA) is 90.3 Å². The number of esters is 1. The number of nitrogens with one attached hydrogen (secondary N) is 1. The fourth-order valence-electron chi connectivity index (χ4n) is 2.82. The van der Waals surface area contributed by atoms with E-state index in [2.05, 4.69) is 10.4 Å². The number of hydrogen-bond acceptors (Lipinski definition) is 5. The number of hydrogen-bond donors (Lipinski definition) is 1. The first-order valence-corrected chi connectivity index (χ1v) is 9.35. The number of carbonyl (C=O) groups excluding carboxylic acids is 2. The Bertz CT molecular complexity index is 1080. The van der Waals surface area contributed by atoms with Crippen LogP contribution in [-0.4, -0.2) is 34.3 Å². The summed E-state index contributed by atoms with van der Waals surface area (Å²) >= 11 is 0. The maximum atomic E-state index is 13.2. The normalized spacial score (nSPS) is 11.5. The first-order valence-electron chi connectivity index (χ1n) is 9.35. The first-order chi connectivity index (χ1) is 14.5. The monoisotopic (exact) mass is 409 g/mol. The fourth-order valence-corrected chi connectivity index (χ4v) is 2.82. The minimum absolute atomic E-state index is 0.0683. The van der Waals surface area contributed by atoms with Gasteiger partial charge < -0.3 is 10.1 Å². The van der Waals surface area contributed by atoms with Crippen molar-refractivity contribution in [2.45, 2.75) is 19.4 Å². The van der Waals surface area contributed by atoms with E-state index < -0.39 is 29.3 Å². The highest BCUT2D eigenvalue weighted by atomic mass is 19.1. The van der Waals surface area contributed by atoms with E-state index in [0.29, 0.717) is 5.69 Å². The van der Waals surface area contributed by atoms with E-state index in [-0.39, 0.29) is 18.7 Å². The predicted octanol–water partition coefficient (Wildman–Crippen LogP) is 2.28. The molecule has 3 aromatic rings. The van der Waals surface area contributed by atoms with Crippen LogP contribution in [0.1, 0.15) is 23.0 Å². The Kier molecular flexibility index (Phi) is 6.69. The van der Waals surface area contributed by atoms with Crippen molar-refractivity contribution in [2.24, 2.45) is 0 Å². The van der Waals surface area contributed by atoms with Crippen LogP contribution in [0, 0.1) is 5.82 Å². The van der Waals surface area contributed by atoms with Gasteiger partial charge in [-0.3, -0.25) is 9.59 Å². The van der Waals surface area contributed by atoms with Gasteiger partial charge in [-0.2, -0.15) is 9.78 Å². The standard InChI is InChI=1S/C22H20FN3O4/c1-2-30-22(29)19(14-15-6-4-3-5-7-15)24-21(28)18-12-13-20(27)26(25-18)17-10-8-16(23)9-11-17/h3-13,19H,2,14H2,1H3,(H,24,28). The number of halogens is 1. The molecule has 2 aromatic carbocycles. The molecule has 154 valence electrons. The zero-order valence-corrected chi connectivity index (χ0v) is 16.2. The Morgan fingerprint density at radius 1 is 1.07 bits per heavy atom. The van der Waals surface area contributed by atoms with Gasteiger partial charge in [-0.1, -0.05) is 30.3 Å². The molecule has 3 rings (SSSR count). The molecule has 0 fully saturated rings. The number of nitrogens with zero attached hydrogens (tertiary/aromatic N) is 2. The lowest BCUT2D eigenvalue weighted by Crippen LogP contribution is -2.44. The maximum absolute atomic E-state index is 13.2. The van der Waals surface area contributed by atoms with Gasteiger partial charge in [0.2, 0.25) is 0 Å². The molecule has 0 bridgehead atoms. The molecule has 1 unspecified atom stereocenters. The van der Waals surface area contributed by atoms with Crippen LogP contribution in [-0.2, 0) is 16.0 Å². The third-order valence-corrected chi connectivity index (χ3v) is 4.26. The lowest BCUT2D eigenvalue weighted by Gasteiger charge is -2.17. The molecule has 0 aliphatic heterocycles. The van der Waals surface area contributed by atoms with Crippen molar-refractivity contribution < 1.29 is 18.7 Å². The Morgan fingerprint density at radius 2 is 1.77 bits per heavy atom. The number of ether oxygens (including phenoxy) is 1. The van der Waals surface area contributed by atoms with Crippen molar-refractivity contribution in [2.75, 3.05) is 6.61 Å². The lowest BCUT2D eigenvalue weighted by molar-refractivity contribution is -0.145. The Morgan fingerprint density at radius 3 is 2.43 bits per heavy atom. The van der Waals surface area contributed by atoms with Gasteiger partial charge in [0.05, 0.1) is 12.3 Å². The van der Waals surface area contributed by atoms with E-state index in [9.17, 15) is 18.8 Å². The average molecular weight is 409 g/mol. The summed E-state index contributed by atoms with van der Waals surface area (Å²) in [7, 11) is 0. The van der Waals surface area contributed by atoms with E-state index in [4.69, 9.17) is 4.74 Å². The zero-order chi connectivity index (χ0) is 21.5. The van der Waals surface area contributed by atoms with E-state index in [0.717, 1.165) is 10.2 Å². The van der Waals surface area contributed by atoms with Crippen molar-refractivity contribution in [1.29, 1.82) is 0 Å². The predicted molar refractivity (Wildman–Crippen MR) is 108 cm³/mol. The minimum atomic E-state index is -0.923. The third-order valence-electron chi connectivity index (χ3n) is 4.26. The summed E-state index contributed by atoms with van der Waals surface area (Å²) in [5.41, 5.74) is 0.605. The largest absolute Gasteiger partial charge is 0.464 e. The van der Waals surface area contributed by atoms with Gasteiger partial charge in [-0.05, 0) is 42.8 Å². The highest BCUT2D eigenvalue weighted by molar-refractivity contribution is 5.95. The molecule has 8 heteroatoms. The Labute approximate surface area is 172 Å². The second kappa shape index (κ2) is 9.60. The van der Waals surface area contributed by atoms with Crippen LogP contribution >= 0.6 is 0 Å². The molecule has 0 saturated heterocycles. The summed E-state index contributed by atoms with van der Waals surface area (Å²) in [6.45, 7) is 1.85. The summed E-state index contributed by atoms with van der Waals surface area (Å²) < 4.78 is 19.2. The first kappa shape index (κ1) is 20.9. The molecule has 0 aliphatic carbocycles. The number of benzene rings is 2. The molecule has 1 aromatic heterocycles. The number of carbonyl (C=O) groups is 2. The van der Waals surface area contributed by atoms with Crippen molar-refractivity contribution in [1.82, 2.24) is 15.1 Å². The fraction of sp³-hybridized carbons (Fsp3) is 0.182. The summed E-state index contributed by atoms with van der Waals surface area (Å²) in [5.74, 6) is -1.67. The molecule has 0 aliphatic rings. The summed E-state index contributed by atoms with van der Waals surface area (Å²) in [5, 5.41) is 6.68. The van der Waals surface area contributed by atoms with Crippen LogP contribution in [0.4, 0.5) is 4.39 Å². The SMILES string of the molecule is CCOC(=O)C(Cc1ccccc1)NC(=O)c1ccc(=O)n(-c2ccc(F)cc2)n1. The van der Waals surface area contributed by atoms with E-state index in [1.807, 2.05) is 30.3 Å². The molecule has 30 heavy (non-hydrogen) atoms. The maximum Gasteiger partial charge on any atom is 0.328 e. The quantitative estimate of drug-likeness (QED) is 0.605. The molecule has 1 N–H and O–H groups in total. The van der Waals surface area contributed by atoms with Crippen LogP contribution in [0.15, 0.2) is 71.5 Å². The average Bonchev–Trinajstić information content (AvgIpc) is 2.75. The highest BCUT2D eigenvalue weighted by Gasteiger charge is 2.24. The molecule has 7 nitrogen and oxygen atoms in total. The molecule has 1 atom stereocenters. The molecule has 0 radical (unpaired) electrons. The molecular formula is C22H20FN3O4. The number of rotatable bonds is 7. The van der Waals surface area contributed by atoms with Crippen molar-refractivity contribution >= 4 is 11.9 Å². The van der Waals surface area contributed by atoms with Crippen LogP contribution in [0.25, 0.3) is 5.69 Å². The van der Waals surface area contributed by atoms with Gasteiger partial charge in [0, 0.05) is 12.5 Å². The van der Waals surface area contributed by atoms with Gasteiger partial charge in [0.25, 0.3) is 11.5 Å². The summed E-state index contributed by atoms with van der Waals surface area (Å²) in [4.78, 5) is 37.2. The zero-order valence-electron chi connectivity index (χ0n) is 16.2. The van der Waals surface area contributed by atoms with Crippen LogP contribution in [0.5, 0.6) is 0 Å². The molecule has 1 heterocycles. The van der Waals surface area contributed by atoms with Gasteiger partial charge in [-0.25, -0.2) is 9.18 Å². The second-order valence-corrected chi connectivity index (χ2v) is 6.41. The molecular weight excluding hydrogens is 389 g/mol. The van der Waals surface area contributed by atoms with Crippen molar-refractivity contribution in [3.63, 3.8) is 0 Å². The van der Waals surface area contributed by atoms with Crippen LogP contribution < -0.4 is 10.9 Å². The van der Waals surface area contributed by atoms with Crippen LogP contribution in [0.3, 0.4) is 0 Å². The number of amides is 1. The summed E-state index contributed by atoms with van der Waals surface area (Å²) in [6.07, 6.45) is 0.239. The highest BCUT2D eigenvalue weighted by Crippen LogP contribution is 2.08. The van der Waals surface area contributed by atoms with Crippen molar-refractivity contribution in [3.05, 3.63) is 94.2 Å². The molecule has 0 saturated carbocycles. The Hall–Kier alpha value is -3.81. The van der Waals surface area contributed by atoms with Gasteiger partial charge in [-0.15, -0.1) is 0 Å². The third kappa shape index (κ3) is 5.16. The van der Waals surface area contributed by atoms with Gasteiger partial charge >= 0.3 is 5.97 Å².